The van der Waals surface area contributed by atoms with E-state index in [9.17, 15) is 0 Å². The van der Waals surface area contributed by atoms with Gasteiger partial charge in [0.1, 0.15) is 0 Å². The summed E-state index contributed by atoms with van der Waals surface area (Å²) in [4.78, 5) is 0. The van der Waals surface area contributed by atoms with Crippen LogP contribution in [-0.2, 0) is 0 Å². The standard InChI is InChI=1S/C15H25Cl2NS/c1-3-4-5-6-7-8-9-10-13(18-2)12-11-14(16)19-15(12)17/h11,13,18H,3-10H2,1-2H3. The summed E-state index contributed by atoms with van der Waals surface area (Å²) >= 11 is 13.7. The molecule has 110 valence electrons. The molecule has 0 spiro atoms. The Morgan fingerprint density at radius 3 is 2.26 bits per heavy atom. The Balaban J connectivity index is 2.24. The minimum Gasteiger partial charge on any atom is -0.313 e. The number of hydrogen-bond donors (Lipinski definition) is 1. The predicted octanol–water partition coefficient (Wildman–Crippen LogP) is 6.46. The molecule has 1 rings (SSSR count). The van der Waals surface area contributed by atoms with Gasteiger partial charge in [-0.25, -0.2) is 0 Å². The van der Waals surface area contributed by atoms with E-state index in [1.807, 2.05) is 13.1 Å². The molecule has 1 nitrogen and oxygen atoms in total. The molecular formula is C15H25Cl2NS. The molecule has 4 heteroatoms. The molecule has 1 aromatic rings. The van der Waals surface area contributed by atoms with E-state index in [4.69, 9.17) is 23.2 Å². The average Bonchev–Trinajstić information content (AvgIpc) is 2.72. The molecule has 0 amide bonds. The van der Waals surface area contributed by atoms with E-state index in [2.05, 4.69) is 12.2 Å². The minimum atomic E-state index is 0.340. The van der Waals surface area contributed by atoms with Crippen molar-refractivity contribution in [2.45, 2.75) is 64.3 Å². The summed E-state index contributed by atoms with van der Waals surface area (Å²) in [5, 5.41) is 3.35. The van der Waals surface area contributed by atoms with Gasteiger partial charge in [-0.2, -0.15) is 0 Å². The molecule has 0 bridgehead atoms. The Bertz CT molecular complexity index is 352. The van der Waals surface area contributed by atoms with Crippen LogP contribution >= 0.6 is 34.5 Å². The molecule has 1 N–H and O–H groups in total. The van der Waals surface area contributed by atoms with Gasteiger partial charge >= 0.3 is 0 Å². The van der Waals surface area contributed by atoms with Gasteiger partial charge in [-0.05, 0) is 19.5 Å². The highest BCUT2D eigenvalue weighted by Crippen LogP contribution is 2.36. The maximum atomic E-state index is 6.21. The zero-order chi connectivity index (χ0) is 14.1. The molecule has 0 aliphatic carbocycles. The maximum absolute atomic E-state index is 6.21. The van der Waals surface area contributed by atoms with E-state index < -0.39 is 0 Å². The molecule has 1 unspecified atom stereocenters. The van der Waals surface area contributed by atoms with Gasteiger partial charge in [0.25, 0.3) is 0 Å². The summed E-state index contributed by atoms with van der Waals surface area (Å²) in [6.45, 7) is 2.26. The van der Waals surface area contributed by atoms with Crippen LogP contribution in [0.2, 0.25) is 8.67 Å². The van der Waals surface area contributed by atoms with Gasteiger partial charge in [-0.1, -0.05) is 75.1 Å². The summed E-state index contributed by atoms with van der Waals surface area (Å²) in [5.41, 5.74) is 1.16. The third-order valence-electron chi connectivity index (χ3n) is 3.50. The topological polar surface area (TPSA) is 12.0 Å². The first-order chi connectivity index (χ1) is 9.19. The molecule has 0 fully saturated rings. The predicted molar refractivity (Wildman–Crippen MR) is 88.7 cm³/mol. The van der Waals surface area contributed by atoms with Crippen molar-refractivity contribution in [3.8, 4) is 0 Å². The quantitative estimate of drug-likeness (QED) is 0.488. The summed E-state index contributed by atoms with van der Waals surface area (Å²) in [6, 6.07) is 2.34. The van der Waals surface area contributed by atoms with E-state index in [-0.39, 0.29) is 0 Å². The van der Waals surface area contributed by atoms with Gasteiger partial charge < -0.3 is 5.32 Å². The lowest BCUT2D eigenvalue weighted by atomic mass is 10.0. The van der Waals surface area contributed by atoms with Crippen LogP contribution in [0.4, 0.5) is 0 Å². The highest BCUT2D eigenvalue weighted by atomic mass is 35.5. The van der Waals surface area contributed by atoms with Gasteiger partial charge in [0.2, 0.25) is 0 Å². The van der Waals surface area contributed by atoms with Crippen LogP contribution in [0.15, 0.2) is 6.07 Å². The normalized spacial score (nSPS) is 12.8. The summed E-state index contributed by atoms with van der Waals surface area (Å²) in [7, 11) is 1.99. The van der Waals surface area contributed by atoms with Gasteiger partial charge in [0.05, 0.1) is 8.67 Å². The van der Waals surface area contributed by atoms with Crippen LogP contribution < -0.4 is 5.32 Å². The Hall–Kier alpha value is 0.240. The lowest BCUT2D eigenvalue weighted by Crippen LogP contribution is -2.15. The summed E-state index contributed by atoms with van der Waals surface area (Å²) in [6.07, 6.45) is 10.5. The molecule has 0 saturated carbocycles. The molecular weight excluding hydrogens is 297 g/mol. The van der Waals surface area contributed by atoms with Crippen LogP contribution in [-0.4, -0.2) is 7.05 Å². The Morgan fingerprint density at radius 1 is 1.11 bits per heavy atom. The third-order valence-corrected chi connectivity index (χ3v) is 5.02. The molecule has 19 heavy (non-hydrogen) atoms. The highest BCUT2D eigenvalue weighted by molar-refractivity contribution is 7.20. The maximum Gasteiger partial charge on any atom is 0.0991 e. The second kappa shape index (κ2) is 10.0. The van der Waals surface area contributed by atoms with E-state index in [0.717, 1.165) is 20.7 Å². The first-order valence-corrected chi connectivity index (χ1v) is 8.88. The molecule has 0 aromatic carbocycles. The first-order valence-electron chi connectivity index (χ1n) is 7.31. The van der Waals surface area contributed by atoms with Crippen molar-refractivity contribution in [1.82, 2.24) is 5.32 Å². The zero-order valence-corrected chi connectivity index (χ0v) is 14.3. The number of thiophene rings is 1. The number of halogens is 2. The van der Waals surface area contributed by atoms with Crippen LogP contribution in [0.5, 0.6) is 0 Å². The lowest BCUT2D eigenvalue weighted by Gasteiger charge is -2.15. The van der Waals surface area contributed by atoms with Crippen molar-refractivity contribution in [2.24, 2.45) is 0 Å². The van der Waals surface area contributed by atoms with Crippen LogP contribution in [0.25, 0.3) is 0 Å². The van der Waals surface area contributed by atoms with Gasteiger partial charge in [-0.15, -0.1) is 11.3 Å². The fourth-order valence-electron chi connectivity index (χ4n) is 2.35. The van der Waals surface area contributed by atoms with Crippen LogP contribution in [0.3, 0.4) is 0 Å². The second-order valence-corrected chi connectivity index (χ2v) is 7.32. The molecule has 0 aliphatic heterocycles. The van der Waals surface area contributed by atoms with Crippen molar-refractivity contribution in [1.29, 1.82) is 0 Å². The first kappa shape index (κ1) is 17.3. The molecule has 0 aliphatic rings. The Kier molecular flexibility index (Phi) is 9.14. The highest BCUT2D eigenvalue weighted by Gasteiger charge is 2.15. The van der Waals surface area contributed by atoms with Crippen molar-refractivity contribution < 1.29 is 0 Å². The molecule has 1 heterocycles. The largest absolute Gasteiger partial charge is 0.313 e. The van der Waals surface area contributed by atoms with Crippen LogP contribution in [0, 0.1) is 0 Å². The number of nitrogens with one attached hydrogen (secondary N) is 1. The van der Waals surface area contributed by atoms with Gasteiger partial charge in [0.15, 0.2) is 0 Å². The number of unbranched alkanes of at least 4 members (excludes halogenated alkanes) is 6. The number of rotatable bonds is 10. The summed E-state index contributed by atoms with van der Waals surface area (Å²) in [5.74, 6) is 0. The molecule has 0 saturated heterocycles. The van der Waals surface area contributed by atoms with Crippen LogP contribution in [0.1, 0.15) is 69.9 Å². The Morgan fingerprint density at radius 2 is 1.74 bits per heavy atom. The zero-order valence-electron chi connectivity index (χ0n) is 12.0. The smallest absolute Gasteiger partial charge is 0.0991 e. The summed E-state index contributed by atoms with van der Waals surface area (Å²) < 4.78 is 1.60. The SMILES string of the molecule is CCCCCCCCCC(NC)c1cc(Cl)sc1Cl. The van der Waals surface area contributed by atoms with E-state index in [1.54, 1.807) is 0 Å². The fraction of sp³-hybridized carbons (Fsp3) is 0.733. The van der Waals surface area contributed by atoms with Crippen molar-refractivity contribution in [3.63, 3.8) is 0 Å². The van der Waals surface area contributed by atoms with E-state index in [1.165, 1.54) is 56.3 Å². The Labute approximate surface area is 131 Å². The fourth-order valence-corrected chi connectivity index (χ4v) is 3.93. The monoisotopic (exact) mass is 321 g/mol. The molecule has 1 atom stereocenters. The third kappa shape index (κ3) is 6.48. The van der Waals surface area contributed by atoms with E-state index in [0.29, 0.717) is 6.04 Å². The second-order valence-electron chi connectivity index (χ2n) is 5.03. The number of hydrogen-bond acceptors (Lipinski definition) is 2. The average molecular weight is 322 g/mol. The lowest BCUT2D eigenvalue weighted by molar-refractivity contribution is 0.497. The van der Waals surface area contributed by atoms with Crippen molar-refractivity contribution in [3.05, 3.63) is 20.3 Å². The van der Waals surface area contributed by atoms with E-state index >= 15 is 0 Å². The molecule has 0 radical (unpaired) electrons. The van der Waals surface area contributed by atoms with Crippen molar-refractivity contribution in [2.75, 3.05) is 7.05 Å². The van der Waals surface area contributed by atoms with Crippen molar-refractivity contribution >= 4 is 34.5 Å². The molecule has 1 aromatic heterocycles. The van der Waals surface area contributed by atoms with Gasteiger partial charge in [0, 0.05) is 11.6 Å². The minimum absolute atomic E-state index is 0.340. The van der Waals surface area contributed by atoms with Gasteiger partial charge in [-0.3, -0.25) is 0 Å².